The first-order valence-electron chi connectivity index (χ1n) is 7.31. The molecule has 0 saturated carbocycles. The number of benzene rings is 2. The molecule has 5 nitrogen and oxygen atoms in total. The first-order chi connectivity index (χ1) is 11.0. The second-order valence-electron chi connectivity index (χ2n) is 5.69. The van der Waals surface area contributed by atoms with Gasteiger partial charge in [-0.3, -0.25) is 10.1 Å². The highest BCUT2D eigenvalue weighted by atomic mass is 16.6. The molecule has 0 saturated heterocycles. The molecule has 1 aromatic heterocycles. The fraction of sp³-hybridized carbons (Fsp3) is 0.167. The van der Waals surface area contributed by atoms with E-state index in [4.69, 9.17) is 5.26 Å². The van der Waals surface area contributed by atoms with E-state index in [1.807, 2.05) is 36.7 Å². The van der Waals surface area contributed by atoms with Gasteiger partial charge in [0, 0.05) is 35.3 Å². The summed E-state index contributed by atoms with van der Waals surface area (Å²) < 4.78 is 2.04. The Hall–Kier alpha value is -3.13. The predicted octanol–water partition coefficient (Wildman–Crippen LogP) is 4.67. The summed E-state index contributed by atoms with van der Waals surface area (Å²) in [4.78, 5) is 10.7. The number of non-ortho nitro benzene ring substituents is 1. The van der Waals surface area contributed by atoms with Crippen LogP contribution in [0.25, 0.3) is 22.0 Å². The van der Waals surface area contributed by atoms with Gasteiger partial charge in [0.15, 0.2) is 0 Å². The number of nitriles is 1. The number of nitro benzene ring substituents is 1. The van der Waals surface area contributed by atoms with Crippen LogP contribution in [0.3, 0.4) is 0 Å². The van der Waals surface area contributed by atoms with Crippen LogP contribution in [0.1, 0.15) is 25.5 Å². The summed E-state index contributed by atoms with van der Waals surface area (Å²) in [6, 6.07) is 14.6. The topological polar surface area (TPSA) is 71.9 Å². The van der Waals surface area contributed by atoms with Crippen LogP contribution < -0.4 is 0 Å². The van der Waals surface area contributed by atoms with Crippen molar-refractivity contribution in [3.8, 4) is 17.2 Å². The number of nitro groups is 1. The fourth-order valence-electron chi connectivity index (χ4n) is 2.73. The molecule has 0 spiro atoms. The van der Waals surface area contributed by atoms with Gasteiger partial charge in [-0.05, 0) is 37.6 Å². The van der Waals surface area contributed by atoms with E-state index in [0.29, 0.717) is 5.56 Å². The molecule has 0 N–H and O–H groups in total. The number of aromatic nitrogens is 1. The van der Waals surface area contributed by atoms with Crippen molar-refractivity contribution in [1.82, 2.24) is 4.57 Å². The minimum Gasteiger partial charge on any atom is -0.344 e. The van der Waals surface area contributed by atoms with E-state index in [0.717, 1.165) is 22.0 Å². The molecule has 0 aliphatic carbocycles. The summed E-state index contributed by atoms with van der Waals surface area (Å²) >= 11 is 0. The van der Waals surface area contributed by atoms with Crippen molar-refractivity contribution in [2.24, 2.45) is 0 Å². The predicted molar refractivity (Wildman–Crippen MR) is 89.1 cm³/mol. The monoisotopic (exact) mass is 305 g/mol. The number of fused-ring (bicyclic) bond motifs is 1. The van der Waals surface area contributed by atoms with Crippen molar-refractivity contribution in [2.45, 2.75) is 19.9 Å². The largest absolute Gasteiger partial charge is 0.344 e. The van der Waals surface area contributed by atoms with Crippen LogP contribution in [0.5, 0.6) is 0 Å². The average molecular weight is 305 g/mol. The Labute approximate surface area is 133 Å². The van der Waals surface area contributed by atoms with Crippen molar-refractivity contribution >= 4 is 16.6 Å². The molecule has 1 heterocycles. The van der Waals surface area contributed by atoms with Crippen LogP contribution in [0.4, 0.5) is 5.69 Å². The maximum absolute atomic E-state index is 11.0. The number of rotatable bonds is 3. The van der Waals surface area contributed by atoms with Gasteiger partial charge in [0.1, 0.15) is 0 Å². The first kappa shape index (κ1) is 14.8. The molecular weight excluding hydrogens is 290 g/mol. The highest BCUT2D eigenvalue weighted by Crippen LogP contribution is 2.34. The summed E-state index contributed by atoms with van der Waals surface area (Å²) in [5.74, 6) is 0. The molecule has 0 bridgehead atoms. The quantitative estimate of drug-likeness (QED) is 0.521. The molecule has 0 amide bonds. The van der Waals surface area contributed by atoms with Crippen LogP contribution in [0, 0.1) is 21.4 Å². The zero-order valence-corrected chi connectivity index (χ0v) is 12.9. The third kappa shape index (κ3) is 2.55. The van der Waals surface area contributed by atoms with Gasteiger partial charge < -0.3 is 4.57 Å². The molecule has 3 rings (SSSR count). The number of nitrogens with zero attached hydrogens (tertiary/aromatic N) is 3. The van der Waals surface area contributed by atoms with Gasteiger partial charge in [0.25, 0.3) is 5.69 Å². The summed E-state index contributed by atoms with van der Waals surface area (Å²) in [6.07, 6.45) is 2.01. The third-order valence-corrected chi connectivity index (χ3v) is 3.91. The smallest absolute Gasteiger partial charge is 0.271 e. The lowest BCUT2D eigenvalue weighted by Crippen LogP contribution is -1.98. The number of hydrogen-bond acceptors (Lipinski definition) is 3. The summed E-state index contributed by atoms with van der Waals surface area (Å²) in [6.45, 7) is 4.08. The maximum atomic E-state index is 11.0. The number of hydrogen-bond donors (Lipinski definition) is 0. The Kier molecular flexibility index (Phi) is 3.59. The normalized spacial score (nSPS) is 10.9. The van der Waals surface area contributed by atoms with Crippen molar-refractivity contribution < 1.29 is 4.92 Å². The molecular formula is C18H15N3O2. The highest BCUT2D eigenvalue weighted by molar-refractivity contribution is 5.97. The Morgan fingerprint density at radius 3 is 2.43 bits per heavy atom. The molecule has 23 heavy (non-hydrogen) atoms. The van der Waals surface area contributed by atoms with Gasteiger partial charge in [-0.2, -0.15) is 5.26 Å². The molecule has 0 aliphatic heterocycles. The molecule has 0 aliphatic rings. The van der Waals surface area contributed by atoms with Crippen LogP contribution in [0.15, 0.2) is 48.7 Å². The first-order valence-corrected chi connectivity index (χ1v) is 7.31. The van der Waals surface area contributed by atoms with Crippen LogP contribution >= 0.6 is 0 Å². The fourth-order valence-corrected chi connectivity index (χ4v) is 2.73. The molecule has 5 heteroatoms. The van der Waals surface area contributed by atoms with Crippen LogP contribution in [-0.2, 0) is 0 Å². The second-order valence-corrected chi connectivity index (χ2v) is 5.69. The van der Waals surface area contributed by atoms with Gasteiger partial charge >= 0.3 is 0 Å². The van der Waals surface area contributed by atoms with E-state index in [-0.39, 0.29) is 16.7 Å². The van der Waals surface area contributed by atoms with Crippen molar-refractivity contribution in [2.75, 3.05) is 0 Å². The van der Waals surface area contributed by atoms with Crippen molar-refractivity contribution in [3.05, 3.63) is 64.3 Å². The van der Waals surface area contributed by atoms with E-state index in [1.54, 1.807) is 24.3 Å². The minimum absolute atomic E-state index is 0.0869. The lowest BCUT2D eigenvalue weighted by molar-refractivity contribution is -0.384. The Bertz CT molecular complexity index is 931. The average Bonchev–Trinajstić information content (AvgIpc) is 2.94. The second kappa shape index (κ2) is 5.58. The standard InChI is InChI=1S/C18H15N3O2/c1-12(2)20-11-17(14-5-3-13(10-19)4-6-14)16-8-7-15(21(22)23)9-18(16)20/h3-9,11-12H,1-2H3. The van der Waals surface area contributed by atoms with Gasteiger partial charge in [0.2, 0.25) is 0 Å². The molecule has 0 unspecified atom stereocenters. The molecule has 2 aromatic carbocycles. The molecule has 114 valence electrons. The van der Waals surface area contributed by atoms with Crippen LogP contribution in [0.2, 0.25) is 0 Å². The molecule has 0 atom stereocenters. The molecule has 0 radical (unpaired) electrons. The Balaban J connectivity index is 2.24. The maximum Gasteiger partial charge on any atom is 0.271 e. The van der Waals surface area contributed by atoms with Gasteiger partial charge in [-0.15, -0.1) is 0 Å². The van der Waals surface area contributed by atoms with E-state index in [9.17, 15) is 10.1 Å². The summed E-state index contributed by atoms with van der Waals surface area (Å²) in [5.41, 5.74) is 3.53. The van der Waals surface area contributed by atoms with Gasteiger partial charge in [0.05, 0.1) is 22.1 Å². The Morgan fingerprint density at radius 1 is 1.17 bits per heavy atom. The van der Waals surface area contributed by atoms with E-state index >= 15 is 0 Å². The SMILES string of the molecule is CC(C)n1cc(-c2ccc(C#N)cc2)c2ccc([N+](=O)[O-])cc21. The zero-order chi connectivity index (χ0) is 16.6. The van der Waals surface area contributed by atoms with E-state index in [2.05, 4.69) is 6.07 Å². The zero-order valence-electron chi connectivity index (χ0n) is 12.9. The van der Waals surface area contributed by atoms with Crippen molar-refractivity contribution in [1.29, 1.82) is 5.26 Å². The molecule has 3 aromatic rings. The van der Waals surface area contributed by atoms with E-state index in [1.165, 1.54) is 6.07 Å². The highest BCUT2D eigenvalue weighted by Gasteiger charge is 2.15. The van der Waals surface area contributed by atoms with Crippen LogP contribution in [-0.4, -0.2) is 9.49 Å². The lowest BCUT2D eigenvalue weighted by Gasteiger charge is -2.08. The van der Waals surface area contributed by atoms with E-state index < -0.39 is 0 Å². The summed E-state index contributed by atoms with van der Waals surface area (Å²) in [5, 5.41) is 20.9. The molecule has 0 fully saturated rings. The lowest BCUT2D eigenvalue weighted by atomic mass is 10.0. The summed E-state index contributed by atoms with van der Waals surface area (Å²) in [7, 11) is 0. The van der Waals surface area contributed by atoms with Gasteiger partial charge in [-0.1, -0.05) is 12.1 Å². The van der Waals surface area contributed by atoms with Gasteiger partial charge in [-0.25, -0.2) is 0 Å². The van der Waals surface area contributed by atoms with Crippen molar-refractivity contribution in [3.63, 3.8) is 0 Å². The Morgan fingerprint density at radius 2 is 1.87 bits per heavy atom. The minimum atomic E-state index is -0.376. The third-order valence-electron chi connectivity index (χ3n) is 3.91.